The Morgan fingerprint density at radius 2 is 1.41 bits per heavy atom. The molecule has 0 N–H and O–H groups in total. The lowest BCUT2D eigenvalue weighted by atomic mass is 10.3. The number of hydrogen-bond donors (Lipinski definition) is 0. The van der Waals surface area contributed by atoms with E-state index < -0.39 is 7.36 Å². The minimum absolute atomic E-state index is 0.959. The van der Waals surface area contributed by atoms with Crippen molar-refractivity contribution < 1.29 is 4.40 Å². The molecule has 0 atom stereocenters. The maximum absolute atomic E-state index is 5.60. The summed E-state index contributed by atoms with van der Waals surface area (Å²) in [5.41, 5.74) is 4.86. The largest absolute Gasteiger partial charge is 0.286 e. The number of aromatic nitrogens is 2. The summed E-state index contributed by atoms with van der Waals surface area (Å²) in [7, 11) is -0.0567. The SMILES string of the molecule is CCN(CC)P(=Nc1ccccc1)(c1c(C)n(C)c2cccc[n+]12)N(CC)CC. The minimum Gasteiger partial charge on any atom is -0.252 e. The van der Waals surface area contributed by atoms with Crippen LogP contribution in [0.1, 0.15) is 33.4 Å². The first-order valence-electron chi connectivity index (χ1n) is 10.7. The first kappa shape index (κ1) is 21.8. The van der Waals surface area contributed by atoms with Crippen molar-refractivity contribution in [2.75, 3.05) is 26.2 Å². The third-order valence-electron chi connectivity index (χ3n) is 5.78. The molecule has 0 fully saturated rings. The zero-order chi connectivity index (χ0) is 21.0. The highest BCUT2D eigenvalue weighted by Crippen LogP contribution is 2.57. The van der Waals surface area contributed by atoms with Gasteiger partial charge in [0.2, 0.25) is 5.44 Å². The van der Waals surface area contributed by atoms with Crippen LogP contribution in [0.15, 0.2) is 59.5 Å². The molecule has 156 valence electrons. The van der Waals surface area contributed by atoms with Gasteiger partial charge in [0.05, 0.1) is 18.9 Å². The van der Waals surface area contributed by atoms with E-state index in [2.05, 4.69) is 115 Å². The van der Waals surface area contributed by atoms with Gasteiger partial charge in [-0.3, -0.25) is 9.34 Å². The van der Waals surface area contributed by atoms with Gasteiger partial charge < -0.3 is 0 Å². The van der Waals surface area contributed by atoms with Crippen LogP contribution in [0.5, 0.6) is 0 Å². The van der Waals surface area contributed by atoms with Crippen LogP contribution < -0.4 is 9.84 Å². The standard InChI is InChI=1S/C23H35N5P/c1-7-26(8-2)29(27(9-3)10-4,24-21-16-12-11-13-17-21)23-20(5)25(6)22-18-14-15-19-28(22)23/h11-19H,7-10H2,1-6H3/q+1. The van der Waals surface area contributed by atoms with Crippen LogP contribution in [-0.2, 0) is 7.05 Å². The van der Waals surface area contributed by atoms with E-state index in [-0.39, 0.29) is 0 Å². The monoisotopic (exact) mass is 412 g/mol. The van der Waals surface area contributed by atoms with E-state index in [4.69, 9.17) is 4.74 Å². The predicted molar refractivity (Wildman–Crippen MR) is 124 cm³/mol. The number of hydrogen-bond acceptors (Lipinski definition) is 1. The molecule has 6 heteroatoms. The third-order valence-corrected chi connectivity index (χ3v) is 10.1. The van der Waals surface area contributed by atoms with Gasteiger partial charge in [-0.1, -0.05) is 52.0 Å². The summed E-state index contributed by atoms with van der Waals surface area (Å²) >= 11 is 0. The summed E-state index contributed by atoms with van der Waals surface area (Å²) < 4.78 is 15.5. The summed E-state index contributed by atoms with van der Waals surface area (Å²) in [5.74, 6) is 0. The van der Waals surface area contributed by atoms with E-state index in [0.29, 0.717) is 0 Å². The molecule has 3 aromatic rings. The first-order valence-corrected chi connectivity index (χ1v) is 12.3. The fourth-order valence-corrected chi connectivity index (χ4v) is 8.57. The van der Waals surface area contributed by atoms with Crippen molar-refractivity contribution in [3.05, 3.63) is 60.4 Å². The normalized spacial score (nSPS) is 12.3. The molecule has 0 saturated heterocycles. The summed E-state index contributed by atoms with van der Waals surface area (Å²) in [6.45, 7) is 15.1. The third kappa shape index (κ3) is 3.68. The summed E-state index contributed by atoms with van der Waals surface area (Å²) in [5, 5.41) is 0. The number of rotatable bonds is 8. The van der Waals surface area contributed by atoms with Crippen LogP contribution in [0.3, 0.4) is 0 Å². The smallest absolute Gasteiger partial charge is 0.252 e. The molecule has 0 aliphatic heterocycles. The summed E-state index contributed by atoms with van der Waals surface area (Å²) in [6, 6.07) is 16.9. The second kappa shape index (κ2) is 9.25. The average Bonchev–Trinajstić information content (AvgIpc) is 3.01. The second-order valence-corrected chi connectivity index (χ2v) is 10.1. The summed E-state index contributed by atoms with van der Waals surface area (Å²) in [4.78, 5) is 0. The quantitative estimate of drug-likeness (QED) is 0.395. The van der Waals surface area contributed by atoms with Crippen molar-refractivity contribution in [2.45, 2.75) is 34.6 Å². The Bertz CT molecular complexity index is 985. The molecular formula is C23H35N5P+. The molecule has 1 aromatic carbocycles. The molecule has 0 amide bonds. The van der Waals surface area contributed by atoms with E-state index in [1.54, 1.807) is 0 Å². The highest BCUT2D eigenvalue weighted by Gasteiger charge is 2.42. The lowest BCUT2D eigenvalue weighted by Gasteiger charge is -2.41. The van der Waals surface area contributed by atoms with Crippen molar-refractivity contribution in [3.63, 3.8) is 0 Å². The van der Waals surface area contributed by atoms with Crippen LogP contribution in [0.25, 0.3) is 5.65 Å². The number of pyridine rings is 1. The first-order chi connectivity index (χ1) is 14.0. The minimum atomic E-state index is -2.22. The molecule has 0 radical (unpaired) electrons. The van der Waals surface area contributed by atoms with Crippen molar-refractivity contribution in [2.24, 2.45) is 11.8 Å². The van der Waals surface area contributed by atoms with Gasteiger partial charge in [0.1, 0.15) is 0 Å². The zero-order valence-electron chi connectivity index (χ0n) is 18.7. The Morgan fingerprint density at radius 3 is 1.97 bits per heavy atom. The highest BCUT2D eigenvalue weighted by molar-refractivity contribution is 7.69. The van der Waals surface area contributed by atoms with E-state index >= 15 is 0 Å². The number of benzene rings is 1. The van der Waals surface area contributed by atoms with E-state index in [9.17, 15) is 0 Å². The highest BCUT2D eigenvalue weighted by atomic mass is 31.2. The Labute approximate surface area is 175 Å². The molecule has 5 nitrogen and oxygen atoms in total. The van der Waals surface area contributed by atoms with Gasteiger partial charge in [0.15, 0.2) is 13.0 Å². The number of imidazole rings is 1. The van der Waals surface area contributed by atoms with Gasteiger partial charge >= 0.3 is 0 Å². The van der Waals surface area contributed by atoms with Gasteiger partial charge in [0.25, 0.3) is 5.65 Å². The van der Waals surface area contributed by atoms with Gasteiger partial charge in [-0.15, -0.1) is 0 Å². The van der Waals surface area contributed by atoms with E-state index in [1.807, 2.05) is 0 Å². The molecule has 0 unspecified atom stereocenters. The van der Waals surface area contributed by atoms with Crippen LogP contribution in [0.4, 0.5) is 5.69 Å². The van der Waals surface area contributed by atoms with Crippen molar-refractivity contribution in [1.29, 1.82) is 0 Å². The number of aryl methyl sites for hydroxylation is 1. The Balaban J connectivity index is 2.53. The molecule has 2 heterocycles. The number of fused-ring (bicyclic) bond motifs is 1. The van der Waals surface area contributed by atoms with Crippen molar-refractivity contribution in [1.82, 2.24) is 13.9 Å². The summed E-state index contributed by atoms with van der Waals surface area (Å²) in [6.07, 6.45) is 2.19. The maximum Gasteiger partial charge on any atom is 0.286 e. The van der Waals surface area contributed by atoms with E-state index in [0.717, 1.165) is 31.9 Å². The van der Waals surface area contributed by atoms with Crippen molar-refractivity contribution >= 4 is 24.1 Å². The number of nitrogens with zero attached hydrogens (tertiary/aromatic N) is 5. The van der Waals surface area contributed by atoms with Gasteiger partial charge in [-0.25, -0.2) is 9.31 Å². The van der Waals surface area contributed by atoms with Crippen LogP contribution in [0, 0.1) is 6.92 Å². The Morgan fingerprint density at radius 1 is 0.862 bits per heavy atom. The van der Waals surface area contributed by atoms with Crippen LogP contribution >= 0.6 is 7.36 Å². The molecule has 3 rings (SSSR count). The van der Waals surface area contributed by atoms with Crippen LogP contribution in [-0.4, -0.2) is 40.1 Å². The lowest BCUT2D eigenvalue weighted by Crippen LogP contribution is -2.47. The Hall–Kier alpha value is -1.94. The fraction of sp³-hybridized carbons (Fsp3) is 0.435. The topological polar surface area (TPSA) is 27.9 Å². The zero-order valence-corrected chi connectivity index (χ0v) is 19.6. The van der Waals surface area contributed by atoms with E-state index in [1.165, 1.54) is 16.8 Å². The predicted octanol–water partition coefficient (Wildman–Crippen LogP) is 4.74. The average molecular weight is 413 g/mol. The molecular weight excluding hydrogens is 377 g/mol. The fourth-order valence-electron chi connectivity index (χ4n) is 4.26. The second-order valence-electron chi connectivity index (χ2n) is 7.18. The van der Waals surface area contributed by atoms with Gasteiger partial charge in [0, 0.05) is 39.2 Å². The maximum atomic E-state index is 5.60. The lowest BCUT2D eigenvalue weighted by molar-refractivity contribution is -0.491. The van der Waals surface area contributed by atoms with Gasteiger partial charge in [-0.05, 0) is 18.2 Å². The molecule has 0 spiro atoms. The van der Waals surface area contributed by atoms with Gasteiger partial charge in [-0.2, -0.15) is 4.40 Å². The Kier molecular flexibility index (Phi) is 6.94. The molecule has 0 aliphatic carbocycles. The molecule has 0 bridgehead atoms. The molecule has 29 heavy (non-hydrogen) atoms. The molecule has 2 aromatic heterocycles. The van der Waals surface area contributed by atoms with Crippen LogP contribution in [0.2, 0.25) is 0 Å². The molecule has 0 saturated carbocycles. The van der Waals surface area contributed by atoms with Crippen molar-refractivity contribution in [3.8, 4) is 0 Å². The molecule has 0 aliphatic rings.